The first-order valence-corrected chi connectivity index (χ1v) is 9.99. The van der Waals surface area contributed by atoms with E-state index in [1.54, 1.807) is 6.20 Å². The molecule has 0 spiro atoms. The Kier molecular flexibility index (Phi) is 5.81. The van der Waals surface area contributed by atoms with Gasteiger partial charge in [0.2, 0.25) is 0 Å². The van der Waals surface area contributed by atoms with Crippen molar-refractivity contribution in [1.82, 2.24) is 25.3 Å². The number of rotatable bonds is 9. The van der Waals surface area contributed by atoms with E-state index in [-0.39, 0.29) is 12.2 Å². The Hall–Kier alpha value is -3.25. The molecule has 2 aromatic carbocycles. The Bertz CT molecular complexity index is 1090. The predicted molar refractivity (Wildman–Crippen MR) is 114 cm³/mol. The average molecular weight is 387 g/mol. The van der Waals surface area contributed by atoms with Gasteiger partial charge < -0.3 is 5.32 Å². The van der Waals surface area contributed by atoms with E-state index in [1.807, 2.05) is 35.1 Å². The molecule has 6 heteroatoms. The van der Waals surface area contributed by atoms with E-state index in [0.29, 0.717) is 12.2 Å². The second-order valence-corrected chi connectivity index (χ2v) is 7.26. The van der Waals surface area contributed by atoms with Crippen molar-refractivity contribution < 1.29 is 4.79 Å². The molecule has 0 amide bonds. The molecule has 0 fully saturated rings. The van der Waals surface area contributed by atoms with Crippen molar-refractivity contribution in [1.29, 1.82) is 0 Å². The van der Waals surface area contributed by atoms with Crippen LogP contribution in [-0.4, -0.2) is 32.3 Å². The summed E-state index contributed by atoms with van der Waals surface area (Å²) in [6, 6.07) is 16.2. The van der Waals surface area contributed by atoms with E-state index in [1.165, 1.54) is 11.1 Å². The fraction of sp³-hybridized carbons (Fsp3) is 0.261. The zero-order valence-electron chi connectivity index (χ0n) is 16.6. The Balaban J connectivity index is 1.37. The number of hydrogen-bond acceptors (Lipinski definition) is 4. The maximum atomic E-state index is 12.7. The summed E-state index contributed by atoms with van der Waals surface area (Å²) in [5, 5.41) is 15.8. The SMILES string of the molecule is CCCNCc1ccc(Cn2cc(CC(=O)c3n[nH]c4ccccc34)cn2)cc1. The first kappa shape index (κ1) is 19.1. The van der Waals surface area contributed by atoms with Crippen LogP contribution < -0.4 is 5.32 Å². The van der Waals surface area contributed by atoms with Gasteiger partial charge in [-0.1, -0.05) is 49.4 Å². The van der Waals surface area contributed by atoms with Crippen molar-refractivity contribution in [3.8, 4) is 0 Å². The summed E-state index contributed by atoms with van der Waals surface area (Å²) in [6.07, 6.45) is 5.12. The quantitative estimate of drug-likeness (QED) is 0.339. The summed E-state index contributed by atoms with van der Waals surface area (Å²) in [6.45, 7) is 4.77. The first-order chi connectivity index (χ1) is 14.2. The van der Waals surface area contributed by atoms with Crippen molar-refractivity contribution in [3.63, 3.8) is 0 Å². The molecule has 0 saturated heterocycles. The molecule has 6 nitrogen and oxygen atoms in total. The second-order valence-electron chi connectivity index (χ2n) is 7.26. The van der Waals surface area contributed by atoms with Crippen molar-refractivity contribution in [2.24, 2.45) is 0 Å². The summed E-state index contributed by atoms with van der Waals surface area (Å²) in [4.78, 5) is 12.7. The molecule has 0 aliphatic carbocycles. The highest BCUT2D eigenvalue weighted by atomic mass is 16.1. The zero-order chi connectivity index (χ0) is 20.1. The molecular weight excluding hydrogens is 362 g/mol. The molecule has 2 heterocycles. The molecule has 0 radical (unpaired) electrons. The van der Waals surface area contributed by atoms with E-state index in [0.717, 1.165) is 36.0 Å². The van der Waals surface area contributed by atoms with E-state index in [2.05, 4.69) is 51.8 Å². The second kappa shape index (κ2) is 8.84. The van der Waals surface area contributed by atoms with Crippen LogP contribution in [-0.2, 0) is 19.5 Å². The van der Waals surface area contributed by atoms with Crippen LogP contribution in [0.4, 0.5) is 0 Å². The van der Waals surface area contributed by atoms with Crippen molar-refractivity contribution >= 4 is 16.7 Å². The fourth-order valence-electron chi connectivity index (χ4n) is 3.39. The highest BCUT2D eigenvalue weighted by Crippen LogP contribution is 2.17. The first-order valence-electron chi connectivity index (χ1n) is 9.99. The van der Waals surface area contributed by atoms with E-state index >= 15 is 0 Å². The van der Waals surface area contributed by atoms with Gasteiger partial charge in [-0.15, -0.1) is 0 Å². The molecule has 0 saturated carbocycles. The van der Waals surface area contributed by atoms with Gasteiger partial charge in [0.25, 0.3) is 0 Å². The number of fused-ring (bicyclic) bond motifs is 1. The summed E-state index contributed by atoms with van der Waals surface area (Å²) in [5.41, 5.74) is 4.71. The minimum Gasteiger partial charge on any atom is -0.313 e. The predicted octanol–water partition coefficient (Wildman–Crippen LogP) is 3.73. The summed E-state index contributed by atoms with van der Waals surface area (Å²) < 4.78 is 1.87. The minimum absolute atomic E-state index is 0.00840. The largest absolute Gasteiger partial charge is 0.313 e. The van der Waals surface area contributed by atoms with Gasteiger partial charge in [0.05, 0.1) is 18.3 Å². The highest BCUT2D eigenvalue weighted by Gasteiger charge is 2.15. The van der Waals surface area contributed by atoms with Gasteiger partial charge >= 0.3 is 0 Å². The topological polar surface area (TPSA) is 75.6 Å². The molecule has 0 atom stereocenters. The van der Waals surface area contributed by atoms with Crippen LogP contribution in [0.5, 0.6) is 0 Å². The Morgan fingerprint density at radius 3 is 2.69 bits per heavy atom. The van der Waals surface area contributed by atoms with Crippen molar-refractivity contribution in [2.75, 3.05) is 6.54 Å². The zero-order valence-corrected chi connectivity index (χ0v) is 16.6. The van der Waals surface area contributed by atoms with Gasteiger partial charge in [-0.2, -0.15) is 10.2 Å². The number of nitrogens with zero attached hydrogens (tertiary/aromatic N) is 3. The van der Waals surface area contributed by atoms with E-state index in [9.17, 15) is 4.79 Å². The standard InChI is InChI=1S/C23H25N5O/c1-2-11-24-13-17-7-9-18(10-8-17)15-28-16-19(14-25-28)12-22(29)23-20-5-3-4-6-21(20)26-27-23/h3-10,14,16,24H,2,11-13,15H2,1H3,(H,26,27). The van der Waals surface area contributed by atoms with Gasteiger partial charge in [0.1, 0.15) is 5.69 Å². The number of nitrogens with one attached hydrogen (secondary N) is 2. The Morgan fingerprint density at radius 1 is 1.07 bits per heavy atom. The monoisotopic (exact) mass is 387 g/mol. The third kappa shape index (κ3) is 4.60. The number of carbonyl (C=O) groups excluding carboxylic acids is 1. The Labute approximate surface area is 169 Å². The van der Waals surface area contributed by atoms with E-state index in [4.69, 9.17) is 0 Å². The highest BCUT2D eigenvalue weighted by molar-refractivity contribution is 6.06. The molecule has 148 valence electrons. The van der Waals surface area contributed by atoms with Crippen LogP contribution in [0.15, 0.2) is 60.9 Å². The van der Waals surface area contributed by atoms with Crippen LogP contribution in [0, 0.1) is 0 Å². The summed E-state index contributed by atoms with van der Waals surface area (Å²) in [5.74, 6) is -0.00840. The van der Waals surface area contributed by atoms with Crippen LogP contribution in [0.3, 0.4) is 0 Å². The van der Waals surface area contributed by atoms with Crippen molar-refractivity contribution in [3.05, 3.63) is 83.3 Å². The third-order valence-electron chi connectivity index (χ3n) is 4.91. The third-order valence-corrected chi connectivity index (χ3v) is 4.91. The number of hydrogen-bond donors (Lipinski definition) is 2. The van der Waals surface area contributed by atoms with Gasteiger partial charge in [0, 0.05) is 24.5 Å². The molecule has 29 heavy (non-hydrogen) atoms. The minimum atomic E-state index is -0.00840. The Morgan fingerprint density at radius 2 is 1.86 bits per heavy atom. The summed E-state index contributed by atoms with van der Waals surface area (Å²) in [7, 11) is 0. The number of carbonyl (C=O) groups is 1. The lowest BCUT2D eigenvalue weighted by Crippen LogP contribution is -2.13. The maximum Gasteiger partial charge on any atom is 0.188 e. The number of aromatic nitrogens is 4. The lowest BCUT2D eigenvalue weighted by atomic mass is 10.1. The van der Waals surface area contributed by atoms with Gasteiger partial charge in [0.15, 0.2) is 5.78 Å². The number of Topliss-reactive ketones (excluding diaryl/α,β-unsaturated/α-hetero) is 1. The van der Waals surface area contributed by atoms with Gasteiger partial charge in [-0.25, -0.2) is 0 Å². The van der Waals surface area contributed by atoms with Crippen LogP contribution >= 0.6 is 0 Å². The molecule has 0 unspecified atom stereocenters. The number of ketones is 1. The molecular formula is C23H25N5O. The van der Waals surface area contributed by atoms with Gasteiger partial charge in [-0.05, 0) is 35.7 Å². The number of H-pyrrole nitrogens is 1. The maximum absolute atomic E-state index is 12.7. The summed E-state index contributed by atoms with van der Waals surface area (Å²) >= 11 is 0. The molecule has 0 aliphatic heterocycles. The smallest absolute Gasteiger partial charge is 0.188 e. The molecule has 4 aromatic rings. The lowest BCUT2D eigenvalue weighted by molar-refractivity contribution is 0.0989. The molecule has 2 N–H and O–H groups in total. The number of aromatic amines is 1. The molecule has 0 bridgehead atoms. The molecule has 4 rings (SSSR count). The normalized spacial score (nSPS) is 11.2. The van der Waals surface area contributed by atoms with Crippen LogP contribution in [0.25, 0.3) is 10.9 Å². The molecule has 0 aliphatic rings. The van der Waals surface area contributed by atoms with E-state index < -0.39 is 0 Å². The van der Waals surface area contributed by atoms with Crippen molar-refractivity contribution in [2.45, 2.75) is 32.9 Å². The van der Waals surface area contributed by atoms with Crippen LogP contribution in [0.1, 0.15) is 40.5 Å². The molecule has 2 aromatic heterocycles. The number of benzene rings is 2. The van der Waals surface area contributed by atoms with Crippen LogP contribution in [0.2, 0.25) is 0 Å². The van der Waals surface area contributed by atoms with Gasteiger partial charge in [-0.3, -0.25) is 14.6 Å². The fourth-order valence-corrected chi connectivity index (χ4v) is 3.39. The number of para-hydroxylation sites is 1. The average Bonchev–Trinajstić information content (AvgIpc) is 3.36. The lowest BCUT2D eigenvalue weighted by Gasteiger charge is -2.06.